The van der Waals surface area contributed by atoms with Crippen LogP contribution in [0.15, 0.2) is 0 Å². The molecule has 0 saturated carbocycles. The zero-order valence-corrected chi connectivity index (χ0v) is 11.2. The number of likely N-dealkylation sites (tertiary alicyclic amines) is 1. The highest BCUT2D eigenvalue weighted by atomic mass is 16.3. The Bertz CT molecular complexity index is 256. The summed E-state index contributed by atoms with van der Waals surface area (Å²) < 4.78 is 0. The van der Waals surface area contributed by atoms with E-state index < -0.39 is 0 Å². The summed E-state index contributed by atoms with van der Waals surface area (Å²) in [6.45, 7) is 7.22. The van der Waals surface area contributed by atoms with Crippen LogP contribution in [0.3, 0.4) is 0 Å². The number of nitrogens with two attached hydrogens (primary N) is 1. The van der Waals surface area contributed by atoms with Gasteiger partial charge in [0.25, 0.3) is 0 Å². The van der Waals surface area contributed by atoms with E-state index in [4.69, 9.17) is 5.73 Å². The summed E-state index contributed by atoms with van der Waals surface area (Å²) in [5, 5.41) is 9.69. The summed E-state index contributed by atoms with van der Waals surface area (Å²) in [6.07, 6.45) is 2.18. The smallest absolute Gasteiger partial charge is 0.225 e. The number of rotatable bonds is 4. The highest BCUT2D eigenvalue weighted by molar-refractivity contribution is 5.78. The molecule has 100 valence electrons. The molecule has 1 rings (SSSR count). The van der Waals surface area contributed by atoms with Crippen LogP contribution in [0.25, 0.3) is 0 Å². The maximum atomic E-state index is 12.0. The normalized spacial score (nSPS) is 27.3. The van der Waals surface area contributed by atoms with Gasteiger partial charge in [-0.2, -0.15) is 0 Å². The first kappa shape index (κ1) is 14.5. The Labute approximate surface area is 104 Å². The number of carbonyl (C=O) groups excluding carboxylic acids is 1. The van der Waals surface area contributed by atoms with E-state index in [1.54, 1.807) is 0 Å². The predicted octanol–water partition coefficient (Wildman–Crippen LogP) is 0.979. The van der Waals surface area contributed by atoms with E-state index in [1.807, 2.05) is 25.7 Å². The van der Waals surface area contributed by atoms with Crippen molar-refractivity contribution in [1.29, 1.82) is 0 Å². The molecule has 0 bridgehead atoms. The Balaban J connectivity index is 2.56. The Kier molecular flexibility index (Phi) is 5.40. The zero-order chi connectivity index (χ0) is 13.0. The molecule has 0 aromatic carbocycles. The fourth-order valence-electron chi connectivity index (χ4n) is 2.51. The molecule has 3 atom stereocenters. The standard InChI is InChI=1S/C13H26N2O2/c1-4-12(16)6-10-5-11(14)8-15(7-10)13(17)9(2)3/h9-12,16H,4-8,14H2,1-3H3. The van der Waals surface area contributed by atoms with E-state index >= 15 is 0 Å². The van der Waals surface area contributed by atoms with E-state index in [2.05, 4.69) is 0 Å². The van der Waals surface area contributed by atoms with Crippen molar-refractivity contribution < 1.29 is 9.90 Å². The van der Waals surface area contributed by atoms with Crippen molar-refractivity contribution >= 4 is 5.91 Å². The summed E-state index contributed by atoms with van der Waals surface area (Å²) >= 11 is 0. The van der Waals surface area contributed by atoms with Crippen molar-refractivity contribution in [2.75, 3.05) is 13.1 Å². The van der Waals surface area contributed by atoms with E-state index in [9.17, 15) is 9.90 Å². The second-order valence-corrected chi connectivity index (χ2v) is 5.56. The van der Waals surface area contributed by atoms with Crippen molar-refractivity contribution in [3.05, 3.63) is 0 Å². The van der Waals surface area contributed by atoms with Gasteiger partial charge in [-0.05, 0) is 25.2 Å². The predicted molar refractivity (Wildman–Crippen MR) is 68.4 cm³/mol. The van der Waals surface area contributed by atoms with Crippen molar-refractivity contribution in [2.45, 2.75) is 52.2 Å². The summed E-state index contributed by atoms with van der Waals surface area (Å²) in [5.74, 6) is 0.546. The van der Waals surface area contributed by atoms with Gasteiger partial charge in [0.05, 0.1) is 6.10 Å². The molecule has 1 heterocycles. The Morgan fingerprint density at radius 2 is 2.12 bits per heavy atom. The van der Waals surface area contributed by atoms with Crippen LogP contribution in [-0.2, 0) is 4.79 Å². The van der Waals surface area contributed by atoms with Gasteiger partial charge < -0.3 is 15.7 Å². The number of amides is 1. The van der Waals surface area contributed by atoms with Crippen LogP contribution in [0, 0.1) is 11.8 Å². The Morgan fingerprint density at radius 1 is 1.47 bits per heavy atom. The molecule has 4 heteroatoms. The minimum absolute atomic E-state index is 0.0250. The number of aliphatic hydroxyl groups excluding tert-OH is 1. The highest BCUT2D eigenvalue weighted by Gasteiger charge is 2.29. The van der Waals surface area contributed by atoms with E-state index in [1.165, 1.54) is 0 Å². The fourth-order valence-corrected chi connectivity index (χ4v) is 2.51. The van der Waals surface area contributed by atoms with Crippen LogP contribution in [0.1, 0.15) is 40.0 Å². The van der Waals surface area contributed by atoms with Gasteiger partial charge in [0.2, 0.25) is 5.91 Å². The van der Waals surface area contributed by atoms with E-state index in [0.29, 0.717) is 12.5 Å². The van der Waals surface area contributed by atoms with Gasteiger partial charge in [-0.25, -0.2) is 0 Å². The lowest BCUT2D eigenvalue weighted by atomic mass is 9.89. The highest BCUT2D eigenvalue weighted by Crippen LogP contribution is 2.22. The summed E-state index contributed by atoms with van der Waals surface area (Å²) in [7, 11) is 0. The molecule has 1 fully saturated rings. The summed E-state index contributed by atoms with van der Waals surface area (Å²) in [5.41, 5.74) is 6.00. The van der Waals surface area contributed by atoms with Crippen LogP contribution in [0.2, 0.25) is 0 Å². The van der Waals surface area contributed by atoms with Crippen molar-refractivity contribution in [2.24, 2.45) is 17.6 Å². The number of carbonyl (C=O) groups is 1. The number of aliphatic hydroxyl groups is 1. The molecule has 0 radical (unpaired) electrons. The van der Waals surface area contributed by atoms with Crippen LogP contribution in [0.4, 0.5) is 0 Å². The molecular formula is C13H26N2O2. The first-order valence-corrected chi connectivity index (χ1v) is 6.66. The van der Waals surface area contributed by atoms with Gasteiger partial charge in [-0.1, -0.05) is 20.8 Å². The molecule has 1 aliphatic rings. The number of hydrogen-bond acceptors (Lipinski definition) is 3. The third kappa shape index (κ3) is 4.28. The van der Waals surface area contributed by atoms with E-state index in [0.717, 1.165) is 25.8 Å². The number of piperidine rings is 1. The molecule has 3 N–H and O–H groups in total. The van der Waals surface area contributed by atoms with Crippen LogP contribution in [0.5, 0.6) is 0 Å². The molecule has 1 saturated heterocycles. The molecule has 17 heavy (non-hydrogen) atoms. The molecule has 1 aliphatic heterocycles. The first-order chi connectivity index (χ1) is 7.93. The quantitative estimate of drug-likeness (QED) is 0.772. The fraction of sp³-hybridized carbons (Fsp3) is 0.923. The van der Waals surface area contributed by atoms with E-state index in [-0.39, 0.29) is 24.0 Å². The van der Waals surface area contributed by atoms with Gasteiger partial charge in [-0.3, -0.25) is 4.79 Å². The molecule has 0 spiro atoms. The SMILES string of the molecule is CCC(O)CC1CC(N)CN(C(=O)C(C)C)C1. The Morgan fingerprint density at radius 3 is 2.65 bits per heavy atom. The second-order valence-electron chi connectivity index (χ2n) is 5.56. The average Bonchev–Trinajstić information content (AvgIpc) is 2.26. The molecular weight excluding hydrogens is 216 g/mol. The lowest BCUT2D eigenvalue weighted by molar-refractivity contribution is -0.136. The van der Waals surface area contributed by atoms with Gasteiger partial charge in [0.1, 0.15) is 0 Å². The number of nitrogens with zero attached hydrogens (tertiary/aromatic N) is 1. The zero-order valence-electron chi connectivity index (χ0n) is 11.2. The lowest BCUT2D eigenvalue weighted by Crippen LogP contribution is -2.51. The number of hydrogen-bond donors (Lipinski definition) is 2. The molecule has 3 unspecified atom stereocenters. The van der Waals surface area contributed by atoms with Gasteiger partial charge in [0.15, 0.2) is 0 Å². The van der Waals surface area contributed by atoms with Gasteiger partial charge in [0, 0.05) is 25.0 Å². The van der Waals surface area contributed by atoms with Crippen LogP contribution in [-0.4, -0.2) is 41.1 Å². The first-order valence-electron chi connectivity index (χ1n) is 6.66. The van der Waals surface area contributed by atoms with Crippen molar-refractivity contribution in [3.63, 3.8) is 0 Å². The lowest BCUT2D eigenvalue weighted by Gasteiger charge is -2.37. The molecule has 0 aliphatic carbocycles. The topological polar surface area (TPSA) is 66.6 Å². The average molecular weight is 242 g/mol. The molecule has 0 aromatic rings. The summed E-state index contributed by atoms with van der Waals surface area (Å²) in [4.78, 5) is 13.8. The third-order valence-corrected chi connectivity index (χ3v) is 3.45. The Hall–Kier alpha value is -0.610. The molecule has 0 aromatic heterocycles. The monoisotopic (exact) mass is 242 g/mol. The summed E-state index contributed by atoms with van der Waals surface area (Å²) in [6, 6.07) is 0.0560. The maximum absolute atomic E-state index is 12.0. The van der Waals surface area contributed by atoms with Crippen LogP contribution < -0.4 is 5.73 Å². The second kappa shape index (κ2) is 6.36. The third-order valence-electron chi connectivity index (χ3n) is 3.45. The van der Waals surface area contributed by atoms with Gasteiger partial charge in [-0.15, -0.1) is 0 Å². The maximum Gasteiger partial charge on any atom is 0.225 e. The molecule has 4 nitrogen and oxygen atoms in total. The van der Waals surface area contributed by atoms with Crippen LogP contribution >= 0.6 is 0 Å². The molecule has 1 amide bonds. The van der Waals surface area contributed by atoms with Gasteiger partial charge >= 0.3 is 0 Å². The largest absolute Gasteiger partial charge is 0.393 e. The van der Waals surface area contributed by atoms with Crippen molar-refractivity contribution in [3.8, 4) is 0 Å². The van der Waals surface area contributed by atoms with Crippen molar-refractivity contribution in [1.82, 2.24) is 4.90 Å². The minimum Gasteiger partial charge on any atom is -0.393 e. The minimum atomic E-state index is -0.263.